The molecule has 0 saturated carbocycles. The van der Waals surface area contributed by atoms with E-state index in [-0.39, 0.29) is 17.8 Å². The van der Waals surface area contributed by atoms with E-state index in [4.69, 9.17) is 0 Å². The van der Waals surface area contributed by atoms with Crippen molar-refractivity contribution in [1.29, 1.82) is 0 Å². The van der Waals surface area contributed by atoms with Gasteiger partial charge in [0.05, 0.1) is 12.6 Å². The summed E-state index contributed by atoms with van der Waals surface area (Å²) >= 11 is 0. The quantitative estimate of drug-likeness (QED) is 0.850. The molecule has 0 bridgehead atoms. The average Bonchev–Trinajstić information content (AvgIpc) is 2.31. The van der Waals surface area contributed by atoms with E-state index in [1.165, 1.54) is 12.1 Å². The molecule has 94 valence electrons. The zero-order valence-electron chi connectivity index (χ0n) is 10.5. The molecule has 1 N–H and O–H groups in total. The number of hydrogen-bond donors (Lipinski definition) is 1. The number of likely N-dealkylation sites (N-methyl/N-ethyl adjacent to an activating group) is 2. The van der Waals surface area contributed by atoms with Gasteiger partial charge in [-0.2, -0.15) is 0 Å². The largest absolute Gasteiger partial charge is 0.335 e. The van der Waals surface area contributed by atoms with E-state index in [1.807, 2.05) is 13.8 Å². The molecule has 0 aliphatic carbocycles. The normalized spacial score (nSPS) is 12.2. The first kappa shape index (κ1) is 13.6. The Labute approximate surface area is 102 Å². The molecule has 1 rings (SSSR count). The fourth-order valence-corrected chi connectivity index (χ4v) is 1.84. The van der Waals surface area contributed by atoms with Gasteiger partial charge in [0, 0.05) is 6.54 Å². The van der Waals surface area contributed by atoms with Gasteiger partial charge in [0.25, 0.3) is 0 Å². The number of halogens is 1. The van der Waals surface area contributed by atoms with Gasteiger partial charge in [-0.15, -0.1) is 0 Å². The third kappa shape index (κ3) is 3.53. The van der Waals surface area contributed by atoms with Crippen molar-refractivity contribution < 1.29 is 9.18 Å². The number of carbonyl (C=O) groups excluding carboxylic acids is 1. The van der Waals surface area contributed by atoms with Crippen LogP contribution >= 0.6 is 0 Å². The first-order chi connectivity index (χ1) is 8.10. The summed E-state index contributed by atoms with van der Waals surface area (Å²) in [6.07, 6.45) is 0. The highest BCUT2D eigenvalue weighted by atomic mass is 19.1. The Kier molecular flexibility index (Phi) is 5.10. The maximum Gasteiger partial charge on any atom is 0.237 e. The van der Waals surface area contributed by atoms with E-state index in [0.717, 1.165) is 5.56 Å². The van der Waals surface area contributed by atoms with Crippen LogP contribution in [0.5, 0.6) is 0 Å². The van der Waals surface area contributed by atoms with Crippen LogP contribution in [0.15, 0.2) is 24.3 Å². The second-order valence-electron chi connectivity index (χ2n) is 3.94. The molecule has 0 aliphatic heterocycles. The number of carbonyl (C=O) groups is 1. The van der Waals surface area contributed by atoms with Gasteiger partial charge in [-0.1, -0.05) is 12.1 Å². The van der Waals surface area contributed by atoms with Crippen molar-refractivity contribution in [1.82, 2.24) is 10.2 Å². The molecule has 0 fully saturated rings. The van der Waals surface area contributed by atoms with Crippen molar-refractivity contribution in [3.63, 3.8) is 0 Å². The van der Waals surface area contributed by atoms with Crippen LogP contribution in [-0.4, -0.2) is 30.9 Å². The highest BCUT2D eigenvalue weighted by Gasteiger charge is 2.18. The molecule has 1 atom stereocenters. The molecule has 4 heteroatoms. The lowest BCUT2D eigenvalue weighted by Crippen LogP contribution is -2.38. The number of nitrogens with one attached hydrogen (secondary N) is 1. The van der Waals surface area contributed by atoms with Crippen molar-refractivity contribution in [2.24, 2.45) is 0 Å². The van der Waals surface area contributed by atoms with Crippen molar-refractivity contribution in [2.75, 3.05) is 20.1 Å². The standard InChI is InChI=1S/C13H19FN2O/c1-4-16(13(17)9-15-3)10(2)11-5-7-12(14)8-6-11/h5-8,10,15H,4,9H2,1-3H3. The van der Waals surface area contributed by atoms with Gasteiger partial charge in [0.2, 0.25) is 5.91 Å². The van der Waals surface area contributed by atoms with Crippen molar-refractivity contribution in [3.05, 3.63) is 35.6 Å². The molecule has 1 aromatic carbocycles. The molecular formula is C13H19FN2O. The predicted octanol–water partition coefficient (Wildman–Crippen LogP) is 1.95. The van der Waals surface area contributed by atoms with E-state index in [2.05, 4.69) is 5.32 Å². The molecule has 1 unspecified atom stereocenters. The van der Waals surface area contributed by atoms with Gasteiger partial charge < -0.3 is 10.2 Å². The smallest absolute Gasteiger partial charge is 0.237 e. The molecule has 0 radical (unpaired) electrons. The summed E-state index contributed by atoms with van der Waals surface area (Å²) in [5.41, 5.74) is 0.942. The Morgan fingerprint density at radius 3 is 2.47 bits per heavy atom. The molecule has 0 heterocycles. The second-order valence-corrected chi connectivity index (χ2v) is 3.94. The predicted molar refractivity (Wildman–Crippen MR) is 66.1 cm³/mol. The van der Waals surface area contributed by atoms with Gasteiger partial charge in [-0.3, -0.25) is 4.79 Å². The van der Waals surface area contributed by atoms with Crippen LogP contribution in [0.3, 0.4) is 0 Å². The summed E-state index contributed by atoms with van der Waals surface area (Å²) < 4.78 is 12.8. The molecule has 0 aliphatic rings. The third-order valence-electron chi connectivity index (χ3n) is 2.81. The molecule has 17 heavy (non-hydrogen) atoms. The van der Waals surface area contributed by atoms with E-state index in [0.29, 0.717) is 13.1 Å². The Bertz CT molecular complexity index is 364. The minimum Gasteiger partial charge on any atom is -0.335 e. The molecule has 1 amide bonds. The number of rotatable bonds is 5. The Balaban J connectivity index is 2.81. The van der Waals surface area contributed by atoms with Crippen LogP contribution in [-0.2, 0) is 4.79 Å². The fraction of sp³-hybridized carbons (Fsp3) is 0.462. The summed E-state index contributed by atoms with van der Waals surface area (Å²) in [6.45, 7) is 4.84. The lowest BCUT2D eigenvalue weighted by Gasteiger charge is -2.28. The maximum atomic E-state index is 12.8. The zero-order valence-corrected chi connectivity index (χ0v) is 10.5. The molecule has 0 aromatic heterocycles. The highest BCUT2D eigenvalue weighted by molar-refractivity contribution is 5.78. The summed E-state index contributed by atoms with van der Waals surface area (Å²) in [5, 5.41) is 2.85. The highest BCUT2D eigenvalue weighted by Crippen LogP contribution is 2.20. The second kappa shape index (κ2) is 6.35. The molecule has 1 aromatic rings. The monoisotopic (exact) mass is 238 g/mol. The van der Waals surface area contributed by atoms with Gasteiger partial charge in [0.15, 0.2) is 0 Å². The number of amides is 1. The number of benzene rings is 1. The Morgan fingerprint density at radius 1 is 1.41 bits per heavy atom. The van der Waals surface area contributed by atoms with E-state index in [1.54, 1.807) is 24.1 Å². The van der Waals surface area contributed by atoms with Crippen LogP contribution in [0.1, 0.15) is 25.5 Å². The minimum absolute atomic E-state index is 0.0403. The van der Waals surface area contributed by atoms with E-state index < -0.39 is 0 Å². The zero-order chi connectivity index (χ0) is 12.8. The third-order valence-corrected chi connectivity index (χ3v) is 2.81. The van der Waals surface area contributed by atoms with Crippen LogP contribution in [0, 0.1) is 5.82 Å². The van der Waals surface area contributed by atoms with E-state index >= 15 is 0 Å². The van der Waals surface area contributed by atoms with Crippen molar-refractivity contribution >= 4 is 5.91 Å². The topological polar surface area (TPSA) is 32.3 Å². The Morgan fingerprint density at radius 2 is 2.00 bits per heavy atom. The fourth-order valence-electron chi connectivity index (χ4n) is 1.84. The first-order valence-electron chi connectivity index (χ1n) is 5.79. The molecule has 0 spiro atoms. The van der Waals surface area contributed by atoms with E-state index in [9.17, 15) is 9.18 Å². The van der Waals surface area contributed by atoms with Crippen LogP contribution in [0.2, 0.25) is 0 Å². The van der Waals surface area contributed by atoms with Crippen LogP contribution in [0.4, 0.5) is 4.39 Å². The van der Waals surface area contributed by atoms with Crippen LogP contribution in [0.25, 0.3) is 0 Å². The molecular weight excluding hydrogens is 219 g/mol. The van der Waals surface area contributed by atoms with Gasteiger partial charge in [-0.05, 0) is 38.6 Å². The lowest BCUT2D eigenvalue weighted by molar-refractivity contribution is -0.132. The van der Waals surface area contributed by atoms with Gasteiger partial charge in [-0.25, -0.2) is 4.39 Å². The summed E-state index contributed by atoms with van der Waals surface area (Å²) in [5.74, 6) is -0.211. The number of nitrogens with zero attached hydrogens (tertiary/aromatic N) is 1. The SMILES string of the molecule is CCN(C(=O)CNC)C(C)c1ccc(F)cc1. The molecule has 0 saturated heterocycles. The van der Waals surface area contributed by atoms with Gasteiger partial charge in [0.1, 0.15) is 5.82 Å². The summed E-state index contributed by atoms with van der Waals surface area (Å²) in [6, 6.07) is 6.23. The first-order valence-corrected chi connectivity index (χ1v) is 5.79. The summed E-state index contributed by atoms with van der Waals surface area (Å²) in [7, 11) is 1.74. The van der Waals surface area contributed by atoms with Gasteiger partial charge >= 0.3 is 0 Å². The molecule has 3 nitrogen and oxygen atoms in total. The maximum absolute atomic E-state index is 12.8. The van der Waals surface area contributed by atoms with Crippen molar-refractivity contribution in [2.45, 2.75) is 19.9 Å². The summed E-state index contributed by atoms with van der Waals surface area (Å²) in [4.78, 5) is 13.6. The minimum atomic E-state index is -0.259. The number of hydrogen-bond acceptors (Lipinski definition) is 2. The Hall–Kier alpha value is -1.42. The van der Waals surface area contributed by atoms with Crippen LogP contribution < -0.4 is 5.32 Å². The van der Waals surface area contributed by atoms with Crippen molar-refractivity contribution in [3.8, 4) is 0 Å². The lowest BCUT2D eigenvalue weighted by atomic mass is 10.1. The average molecular weight is 238 g/mol.